The molecule has 1 aliphatic rings. The van der Waals surface area contributed by atoms with Gasteiger partial charge in [-0.25, -0.2) is 0 Å². The van der Waals surface area contributed by atoms with E-state index < -0.39 is 0 Å². The van der Waals surface area contributed by atoms with Gasteiger partial charge in [0.05, 0.1) is 44.9 Å². The number of benzene rings is 1. The summed E-state index contributed by atoms with van der Waals surface area (Å²) >= 11 is 0.876. The van der Waals surface area contributed by atoms with Crippen molar-refractivity contribution in [1.82, 2.24) is 4.90 Å². The van der Waals surface area contributed by atoms with Gasteiger partial charge in [-0.2, -0.15) is 0 Å². The molecule has 24 heavy (non-hydrogen) atoms. The third kappa shape index (κ3) is 3.65. The first-order chi connectivity index (χ1) is 11.5. The van der Waals surface area contributed by atoms with Crippen molar-refractivity contribution in [2.75, 3.05) is 41.6 Å². The zero-order valence-electron chi connectivity index (χ0n) is 14.0. The summed E-state index contributed by atoms with van der Waals surface area (Å²) in [5.41, 5.74) is 0.568. The van der Waals surface area contributed by atoms with Crippen molar-refractivity contribution >= 4 is 29.0 Å². The molecule has 0 atom stereocenters. The van der Waals surface area contributed by atoms with Crippen LogP contribution in [0.3, 0.4) is 0 Å². The van der Waals surface area contributed by atoms with Crippen LogP contribution in [-0.2, 0) is 9.53 Å². The molecule has 2 amide bonds. The van der Waals surface area contributed by atoms with Gasteiger partial charge >= 0.3 is 0 Å². The molecule has 1 aliphatic heterocycles. The monoisotopic (exact) mass is 353 g/mol. The van der Waals surface area contributed by atoms with E-state index in [4.69, 9.17) is 18.9 Å². The highest BCUT2D eigenvalue weighted by atomic mass is 32.2. The van der Waals surface area contributed by atoms with Crippen LogP contribution in [0.2, 0.25) is 0 Å². The normalized spacial score (nSPS) is 16.0. The van der Waals surface area contributed by atoms with Crippen LogP contribution in [0.25, 0.3) is 6.08 Å². The van der Waals surface area contributed by atoms with E-state index in [1.54, 1.807) is 18.2 Å². The molecule has 0 unspecified atom stereocenters. The highest BCUT2D eigenvalue weighted by molar-refractivity contribution is 8.18. The van der Waals surface area contributed by atoms with E-state index in [0.717, 1.165) is 16.7 Å². The maximum Gasteiger partial charge on any atom is 0.293 e. The molecule has 1 heterocycles. The Labute approximate surface area is 144 Å². The molecule has 0 aliphatic carbocycles. The molecule has 1 aromatic carbocycles. The highest BCUT2D eigenvalue weighted by Crippen LogP contribution is 2.39. The van der Waals surface area contributed by atoms with Crippen LogP contribution in [0.1, 0.15) is 5.56 Å². The maximum absolute atomic E-state index is 12.4. The Bertz CT molecular complexity index is 648. The van der Waals surface area contributed by atoms with Crippen molar-refractivity contribution in [2.24, 2.45) is 0 Å². The van der Waals surface area contributed by atoms with E-state index >= 15 is 0 Å². The second kappa shape index (κ2) is 8.07. The topological polar surface area (TPSA) is 74.3 Å². The number of nitrogens with zero attached hydrogens (tertiary/aromatic N) is 1. The zero-order chi connectivity index (χ0) is 17.7. The van der Waals surface area contributed by atoms with Crippen LogP contribution in [0.4, 0.5) is 4.79 Å². The van der Waals surface area contributed by atoms with Gasteiger partial charge in [-0.15, -0.1) is 0 Å². The van der Waals surface area contributed by atoms with E-state index in [-0.39, 0.29) is 17.7 Å². The third-order valence-corrected chi connectivity index (χ3v) is 4.33. The van der Waals surface area contributed by atoms with Crippen molar-refractivity contribution in [3.05, 3.63) is 22.6 Å². The van der Waals surface area contributed by atoms with Crippen LogP contribution >= 0.6 is 11.8 Å². The van der Waals surface area contributed by atoms with Crippen LogP contribution in [-0.4, -0.2) is 57.6 Å². The molecular weight excluding hydrogens is 334 g/mol. The first-order valence-electron chi connectivity index (χ1n) is 7.10. The fraction of sp³-hybridized carbons (Fsp3) is 0.375. The lowest BCUT2D eigenvalue weighted by molar-refractivity contribution is -0.123. The molecule has 1 saturated heterocycles. The van der Waals surface area contributed by atoms with Gasteiger partial charge in [0.25, 0.3) is 11.1 Å². The predicted molar refractivity (Wildman–Crippen MR) is 90.7 cm³/mol. The SMILES string of the molecule is COCCN1C(=O)S/C(=C/c2c(OC)cc(OC)cc2OC)C1=O. The second-order valence-electron chi connectivity index (χ2n) is 4.77. The molecule has 0 N–H and O–H groups in total. The minimum atomic E-state index is -0.359. The Hall–Kier alpha value is -2.19. The number of imide groups is 1. The Morgan fingerprint density at radius 3 is 2.17 bits per heavy atom. The minimum absolute atomic E-state index is 0.218. The lowest BCUT2D eigenvalue weighted by atomic mass is 10.1. The first kappa shape index (κ1) is 18.2. The number of carbonyl (C=O) groups is 2. The average Bonchev–Trinajstić information content (AvgIpc) is 2.86. The summed E-state index contributed by atoms with van der Waals surface area (Å²) in [7, 11) is 6.07. The molecular formula is C16H19NO6S. The van der Waals surface area contributed by atoms with E-state index in [2.05, 4.69) is 0 Å². The largest absolute Gasteiger partial charge is 0.496 e. The third-order valence-electron chi connectivity index (χ3n) is 3.42. The van der Waals surface area contributed by atoms with Gasteiger partial charge in [0.2, 0.25) is 0 Å². The molecule has 0 saturated carbocycles. The number of hydrogen-bond acceptors (Lipinski definition) is 7. The smallest absolute Gasteiger partial charge is 0.293 e. The molecule has 130 valence electrons. The summed E-state index contributed by atoms with van der Waals surface area (Å²) in [6, 6.07) is 3.37. The lowest BCUT2D eigenvalue weighted by Crippen LogP contribution is -2.31. The van der Waals surface area contributed by atoms with Crippen molar-refractivity contribution < 1.29 is 28.5 Å². The van der Waals surface area contributed by atoms with E-state index in [1.807, 2.05) is 0 Å². The number of rotatable bonds is 7. The second-order valence-corrected chi connectivity index (χ2v) is 5.76. The molecule has 8 heteroatoms. The standard InChI is InChI=1S/C16H19NO6S/c1-20-6-5-17-15(18)14(24-16(17)19)9-11-12(22-3)7-10(21-2)8-13(11)23-4/h7-9H,5-6H2,1-4H3/b14-9+. The van der Waals surface area contributed by atoms with Crippen LogP contribution < -0.4 is 14.2 Å². The van der Waals surface area contributed by atoms with E-state index in [0.29, 0.717) is 34.3 Å². The molecule has 0 aromatic heterocycles. The molecule has 0 spiro atoms. The number of methoxy groups -OCH3 is 4. The molecule has 1 fully saturated rings. The van der Waals surface area contributed by atoms with E-state index in [1.165, 1.54) is 28.4 Å². The van der Waals surface area contributed by atoms with Gasteiger partial charge in [-0.1, -0.05) is 0 Å². The fourth-order valence-corrected chi connectivity index (χ4v) is 3.03. The molecule has 0 radical (unpaired) electrons. The maximum atomic E-state index is 12.4. The minimum Gasteiger partial charge on any atom is -0.496 e. The van der Waals surface area contributed by atoms with Gasteiger partial charge < -0.3 is 18.9 Å². The first-order valence-corrected chi connectivity index (χ1v) is 7.91. The predicted octanol–water partition coefficient (Wildman–Crippen LogP) is 2.40. The van der Waals surface area contributed by atoms with Gasteiger partial charge in [-0.05, 0) is 17.8 Å². The van der Waals surface area contributed by atoms with Gasteiger partial charge in [-0.3, -0.25) is 14.5 Å². The Kier molecular flexibility index (Phi) is 6.10. The highest BCUT2D eigenvalue weighted by Gasteiger charge is 2.35. The van der Waals surface area contributed by atoms with Gasteiger partial charge in [0.1, 0.15) is 17.2 Å². The lowest BCUT2D eigenvalue weighted by Gasteiger charge is -2.13. The Morgan fingerprint density at radius 2 is 1.67 bits per heavy atom. The van der Waals surface area contributed by atoms with Gasteiger partial charge in [0.15, 0.2) is 0 Å². The summed E-state index contributed by atoms with van der Waals surface area (Å²) < 4.78 is 20.8. The van der Waals surface area contributed by atoms with E-state index in [9.17, 15) is 9.59 Å². The molecule has 1 aromatic rings. The summed E-state index contributed by atoms with van der Waals surface area (Å²) in [6.45, 7) is 0.510. The van der Waals surface area contributed by atoms with Crippen molar-refractivity contribution in [2.45, 2.75) is 0 Å². The number of thioether (sulfide) groups is 1. The number of ether oxygens (including phenoxy) is 4. The Balaban J connectivity index is 2.40. The fourth-order valence-electron chi connectivity index (χ4n) is 2.18. The zero-order valence-corrected chi connectivity index (χ0v) is 14.8. The van der Waals surface area contributed by atoms with Crippen molar-refractivity contribution in [1.29, 1.82) is 0 Å². The summed E-state index contributed by atoms with van der Waals surface area (Å²) in [5.74, 6) is 1.17. The summed E-state index contributed by atoms with van der Waals surface area (Å²) in [6.07, 6.45) is 1.59. The number of amides is 2. The molecule has 2 rings (SSSR count). The average molecular weight is 353 g/mol. The number of carbonyl (C=O) groups excluding carboxylic acids is 2. The molecule has 0 bridgehead atoms. The Morgan fingerprint density at radius 1 is 1.04 bits per heavy atom. The number of hydrogen-bond donors (Lipinski definition) is 0. The molecule has 7 nitrogen and oxygen atoms in total. The quantitative estimate of drug-likeness (QED) is 0.697. The van der Waals surface area contributed by atoms with Crippen molar-refractivity contribution in [3.63, 3.8) is 0 Å². The van der Waals surface area contributed by atoms with Gasteiger partial charge in [0, 0.05) is 19.2 Å². The van der Waals surface area contributed by atoms with Crippen LogP contribution in [0.15, 0.2) is 17.0 Å². The van der Waals surface area contributed by atoms with Crippen LogP contribution in [0.5, 0.6) is 17.2 Å². The summed E-state index contributed by atoms with van der Waals surface area (Å²) in [4.78, 5) is 25.9. The van der Waals surface area contributed by atoms with Crippen LogP contribution in [0, 0.1) is 0 Å². The van der Waals surface area contributed by atoms with Crippen molar-refractivity contribution in [3.8, 4) is 17.2 Å². The summed E-state index contributed by atoms with van der Waals surface area (Å²) in [5, 5.41) is -0.324.